The van der Waals surface area contributed by atoms with E-state index in [0.717, 1.165) is 11.1 Å². The largest absolute Gasteiger partial charge is 0.398 e. The fourth-order valence-corrected chi connectivity index (χ4v) is 2.91. The highest BCUT2D eigenvalue weighted by Crippen LogP contribution is 2.21. The minimum atomic E-state index is -3.53. The van der Waals surface area contributed by atoms with Crippen LogP contribution in [0.25, 0.3) is 0 Å². The summed E-state index contributed by atoms with van der Waals surface area (Å²) in [5, 5.41) is 0. The van der Waals surface area contributed by atoms with Crippen molar-refractivity contribution in [3.63, 3.8) is 0 Å². The molecule has 0 spiro atoms. The summed E-state index contributed by atoms with van der Waals surface area (Å²) in [7, 11) is -1.93. The average Bonchev–Trinajstić information content (AvgIpc) is 2.43. The van der Waals surface area contributed by atoms with Gasteiger partial charge in [-0.15, -0.1) is 0 Å². The summed E-state index contributed by atoms with van der Waals surface area (Å²) in [5.41, 5.74) is 8.06. The number of rotatable bonds is 9. The summed E-state index contributed by atoms with van der Waals surface area (Å²) in [4.78, 5) is 0.198. The van der Waals surface area contributed by atoms with Crippen molar-refractivity contribution in [1.82, 2.24) is 4.72 Å². The van der Waals surface area contributed by atoms with Crippen LogP contribution in [0.5, 0.6) is 0 Å². The number of nitrogens with two attached hydrogens (primary N) is 1. The van der Waals surface area contributed by atoms with Gasteiger partial charge in [-0.1, -0.05) is 0 Å². The molecule has 0 aromatic heterocycles. The van der Waals surface area contributed by atoms with Gasteiger partial charge in [-0.25, -0.2) is 13.1 Å². The van der Waals surface area contributed by atoms with Crippen molar-refractivity contribution in [3.05, 3.63) is 23.3 Å². The lowest BCUT2D eigenvalue weighted by Gasteiger charge is -2.11. The predicted molar refractivity (Wildman–Crippen MR) is 82.8 cm³/mol. The molecular formula is C14H24N2O4S. The van der Waals surface area contributed by atoms with Crippen LogP contribution in [0.3, 0.4) is 0 Å². The maximum Gasteiger partial charge on any atom is 0.240 e. The van der Waals surface area contributed by atoms with Gasteiger partial charge in [0, 0.05) is 25.9 Å². The Kier molecular flexibility index (Phi) is 7.10. The van der Waals surface area contributed by atoms with Crippen molar-refractivity contribution in [3.8, 4) is 0 Å². The van der Waals surface area contributed by atoms with Crippen molar-refractivity contribution in [1.29, 1.82) is 0 Å². The Morgan fingerprint density at radius 1 is 1.19 bits per heavy atom. The third-order valence-electron chi connectivity index (χ3n) is 3.18. The van der Waals surface area contributed by atoms with E-state index < -0.39 is 10.0 Å². The van der Waals surface area contributed by atoms with Crippen LogP contribution < -0.4 is 10.5 Å². The number of benzene rings is 1. The zero-order valence-corrected chi connectivity index (χ0v) is 13.6. The SMILES string of the molecule is COCCOCCCNS(=O)(=O)c1cc(C)c(C)c(N)c1. The molecule has 7 heteroatoms. The predicted octanol–water partition coefficient (Wildman–Crippen LogP) is 1.22. The van der Waals surface area contributed by atoms with E-state index >= 15 is 0 Å². The number of nitrogen functional groups attached to an aromatic ring is 1. The van der Waals surface area contributed by atoms with Gasteiger partial charge in [0.2, 0.25) is 10.0 Å². The van der Waals surface area contributed by atoms with E-state index in [1.807, 2.05) is 13.8 Å². The molecule has 0 heterocycles. The number of ether oxygens (including phenoxy) is 2. The second-order valence-electron chi connectivity index (χ2n) is 4.81. The van der Waals surface area contributed by atoms with Gasteiger partial charge >= 0.3 is 0 Å². The number of hydrogen-bond donors (Lipinski definition) is 2. The molecule has 1 aromatic rings. The molecule has 1 aromatic carbocycles. The van der Waals surface area contributed by atoms with E-state index in [2.05, 4.69) is 4.72 Å². The van der Waals surface area contributed by atoms with Crippen molar-refractivity contribution in [2.75, 3.05) is 39.2 Å². The minimum Gasteiger partial charge on any atom is -0.398 e. The van der Waals surface area contributed by atoms with Crippen LogP contribution in [-0.4, -0.2) is 41.9 Å². The highest BCUT2D eigenvalue weighted by atomic mass is 32.2. The summed E-state index contributed by atoms with van der Waals surface area (Å²) >= 11 is 0. The Labute approximate surface area is 126 Å². The Balaban J connectivity index is 2.51. The third kappa shape index (κ3) is 5.62. The zero-order valence-electron chi connectivity index (χ0n) is 12.8. The summed E-state index contributed by atoms with van der Waals surface area (Å²) in [5.74, 6) is 0. The quantitative estimate of drug-likeness (QED) is 0.528. The molecule has 0 aliphatic carbocycles. The zero-order chi connectivity index (χ0) is 15.9. The lowest BCUT2D eigenvalue weighted by molar-refractivity contribution is 0.0699. The first kappa shape index (κ1) is 17.9. The molecule has 0 saturated heterocycles. The van der Waals surface area contributed by atoms with Crippen LogP contribution >= 0.6 is 0 Å². The van der Waals surface area contributed by atoms with Crippen LogP contribution in [0.15, 0.2) is 17.0 Å². The van der Waals surface area contributed by atoms with Crippen molar-refractivity contribution < 1.29 is 17.9 Å². The number of methoxy groups -OCH3 is 1. The molecule has 3 N–H and O–H groups in total. The second-order valence-corrected chi connectivity index (χ2v) is 6.58. The fraction of sp³-hybridized carbons (Fsp3) is 0.571. The molecule has 1 rings (SSSR count). The first-order valence-electron chi connectivity index (χ1n) is 6.81. The van der Waals surface area contributed by atoms with E-state index in [1.165, 1.54) is 6.07 Å². The molecule has 0 bridgehead atoms. The van der Waals surface area contributed by atoms with Gasteiger partial charge in [-0.2, -0.15) is 0 Å². The lowest BCUT2D eigenvalue weighted by Crippen LogP contribution is -2.26. The van der Waals surface area contributed by atoms with Gasteiger partial charge in [0.1, 0.15) is 0 Å². The number of anilines is 1. The van der Waals surface area contributed by atoms with Gasteiger partial charge < -0.3 is 15.2 Å². The molecule has 0 radical (unpaired) electrons. The highest BCUT2D eigenvalue weighted by Gasteiger charge is 2.15. The first-order chi connectivity index (χ1) is 9.88. The maximum atomic E-state index is 12.2. The van der Waals surface area contributed by atoms with E-state index in [1.54, 1.807) is 13.2 Å². The molecule has 0 unspecified atom stereocenters. The fourth-order valence-electron chi connectivity index (χ4n) is 1.72. The molecule has 0 aliphatic heterocycles. The van der Waals surface area contributed by atoms with Gasteiger partial charge in [0.15, 0.2) is 0 Å². The standard InChI is InChI=1S/C14H24N2O4S/c1-11-9-13(10-14(15)12(11)2)21(17,18)16-5-4-6-20-8-7-19-3/h9-10,16H,4-8,15H2,1-3H3. The lowest BCUT2D eigenvalue weighted by atomic mass is 10.1. The summed E-state index contributed by atoms with van der Waals surface area (Å²) in [6, 6.07) is 3.11. The topological polar surface area (TPSA) is 90.6 Å². The Hall–Kier alpha value is -1.15. The van der Waals surface area contributed by atoms with Crippen LogP contribution in [0.4, 0.5) is 5.69 Å². The number of hydrogen-bond acceptors (Lipinski definition) is 5. The van der Waals surface area contributed by atoms with E-state index in [4.69, 9.17) is 15.2 Å². The van der Waals surface area contributed by atoms with Crippen LogP contribution in [-0.2, 0) is 19.5 Å². The highest BCUT2D eigenvalue weighted by molar-refractivity contribution is 7.89. The number of sulfonamides is 1. The molecule has 0 amide bonds. The molecule has 6 nitrogen and oxygen atoms in total. The third-order valence-corrected chi connectivity index (χ3v) is 4.62. The number of nitrogens with one attached hydrogen (secondary N) is 1. The Morgan fingerprint density at radius 3 is 2.52 bits per heavy atom. The van der Waals surface area contributed by atoms with Gasteiger partial charge in [-0.3, -0.25) is 0 Å². The van der Waals surface area contributed by atoms with E-state index in [0.29, 0.717) is 38.5 Å². The summed E-state index contributed by atoms with van der Waals surface area (Å²) < 4.78 is 37.0. The molecule has 0 aliphatic rings. The smallest absolute Gasteiger partial charge is 0.240 e. The summed E-state index contributed by atoms with van der Waals surface area (Å²) in [6.45, 7) is 5.56. The number of aryl methyl sites for hydroxylation is 1. The van der Waals surface area contributed by atoms with Crippen LogP contribution in [0, 0.1) is 13.8 Å². The Morgan fingerprint density at radius 2 is 1.90 bits per heavy atom. The van der Waals surface area contributed by atoms with E-state index in [9.17, 15) is 8.42 Å². The second kappa shape index (κ2) is 8.33. The Bertz CT molecular complexity index is 535. The van der Waals surface area contributed by atoms with Crippen molar-refractivity contribution in [2.24, 2.45) is 0 Å². The van der Waals surface area contributed by atoms with Crippen molar-refractivity contribution in [2.45, 2.75) is 25.2 Å². The van der Waals surface area contributed by atoms with Gasteiger partial charge in [0.05, 0.1) is 18.1 Å². The molecule has 21 heavy (non-hydrogen) atoms. The maximum absolute atomic E-state index is 12.2. The minimum absolute atomic E-state index is 0.198. The molecular weight excluding hydrogens is 292 g/mol. The van der Waals surface area contributed by atoms with E-state index in [-0.39, 0.29) is 4.90 Å². The van der Waals surface area contributed by atoms with Crippen molar-refractivity contribution >= 4 is 15.7 Å². The van der Waals surface area contributed by atoms with Crippen LogP contribution in [0.1, 0.15) is 17.5 Å². The normalized spacial score (nSPS) is 11.8. The van der Waals surface area contributed by atoms with Gasteiger partial charge in [-0.05, 0) is 43.5 Å². The molecule has 120 valence electrons. The van der Waals surface area contributed by atoms with Gasteiger partial charge in [0.25, 0.3) is 0 Å². The van der Waals surface area contributed by atoms with Crippen LogP contribution in [0.2, 0.25) is 0 Å². The summed E-state index contributed by atoms with van der Waals surface area (Å²) in [6.07, 6.45) is 0.600. The molecule has 0 atom stereocenters. The average molecular weight is 316 g/mol. The molecule has 0 saturated carbocycles. The molecule has 0 fully saturated rings. The monoisotopic (exact) mass is 316 g/mol. The first-order valence-corrected chi connectivity index (χ1v) is 8.30.